The molecule has 2 aromatic heterocycles. The SMILES string of the molecule is N#CC(=Cc1cccs1)C(=O)Nc1ncc(Cc2ccc(Cl)c(Cl)c2)s1. The highest BCUT2D eigenvalue weighted by Gasteiger charge is 2.12. The molecule has 0 atom stereocenters. The molecule has 26 heavy (non-hydrogen) atoms. The van der Waals surface area contributed by atoms with Gasteiger partial charge in [0.1, 0.15) is 11.6 Å². The molecule has 1 N–H and O–H groups in total. The van der Waals surface area contributed by atoms with Gasteiger partial charge >= 0.3 is 0 Å². The van der Waals surface area contributed by atoms with Gasteiger partial charge in [-0.3, -0.25) is 10.1 Å². The van der Waals surface area contributed by atoms with Crippen LogP contribution in [0.3, 0.4) is 0 Å². The van der Waals surface area contributed by atoms with Gasteiger partial charge in [-0.15, -0.1) is 22.7 Å². The lowest BCUT2D eigenvalue weighted by Gasteiger charge is -2.01. The Labute approximate surface area is 168 Å². The van der Waals surface area contributed by atoms with E-state index < -0.39 is 5.91 Å². The number of nitriles is 1. The number of nitrogens with zero attached hydrogens (tertiary/aromatic N) is 2. The second kappa shape index (κ2) is 8.47. The van der Waals surface area contributed by atoms with Gasteiger partial charge in [-0.1, -0.05) is 35.3 Å². The number of nitrogens with one attached hydrogen (secondary N) is 1. The van der Waals surface area contributed by atoms with Crippen LogP contribution in [0.4, 0.5) is 5.13 Å². The van der Waals surface area contributed by atoms with E-state index in [0.717, 1.165) is 15.3 Å². The van der Waals surface area contributed by atoms with Gasteiger partial charge in [0.05, 0.1) is 10.0 Å². The molecule has 0 saturated heterocycles. The predicted octanol–water partition coefficient (Wildman–Crippen LogP) is 5.65. The third-order valence-corrected chi connectivity index (χ3v) is 5.80. The lowest BCUT2D eigenvalue weighted by atomic mass is 10.1. The lowest BCUT2D eigenvalue weighted by Crippen LogP contribution is -2.13. The molecule has 3 aromatic rings. The number of hydrogen-bond donors (Lipinski definition) is 1. The fourth-order valence-electron chi connectivity index (χ4n) is 2.13. The molecule has 0 aliphatic carbocycles. The van der Waals surface area contributed by atoms with Crippen molar-refractivity contribution in [3.63, 3.8) is 0 Å². The number of benzene rings is 1. The van der Waals surface area contributed by atoms with Gasteiger partial charge in [0.2, 0.25) is 0 Å². The van der Waals surface area contributed by atoms with Gasteiger partial charge < -0.3 is 0 Å². The zero-order valence-electron chi connectivity index (χ0n) is 13.2. The second-order valence-electron chi connectivity index (χ2n) is 5.20. The summed E-state index contributed by atoms with van der Waals surface area (Å²) in [5.41, 5.74) is 1.03. The maximum atomic E-state index is 12.3. The van der Waals surface area contributed by atoms with Gasteiger partial charge in [-0.05, 0) is 35.2 Å². The minimum atomic E-state index is -0.476. The third-order valence-electron chi connectivity index (χ3n) is 3.33. The van der Waals surface area contributed by atoms with E-state index in [1.165, 1.54) is 22.7 Å². The van der Waals surface area contributed by atoms with Crippen molar-refractivity contribution in [1.82, 2.24) is 4.98 Å². The van der Waals surface area contributed by atoms with Crippen LogP contribution in [0.5, 0.6) is 0 Å². The molecule has 0 aliphatic rings. The van der Waals surface area contributed by atoms with E-state index in [9.17, 15) is 10.1 Å². The van der Waals surface area contributed by atoms with E-state index in [2.05, 4.69) is 10.3 Å². The number of carbonyl (C=O) groups is 1. The number of hydrogen-bond acceptors (Lipinski definition) is 5. The molecule has 8 heteroatoms. The van der Waals surface area contributed by atoms with Gasteiger partial charge in [0.25, 0.3) is 5.91 Å². The van der Waals surface area contributed by atoms with Crippen LogP contribution < -0.4 is 5.32 Å². The van der Waals surface area contributed by atoms with Crippen LogP contribution in [-0.2, 0) is 11.2 Å². The highest BCUT2D eigenvalue weighted by atomic mass is 35.5. The van der Waals surface area contributed by atoms with E-state index in [-0.39, 0.29) is 5.57 Å². The number of amides is 1. The minimum absolute atomic E-state index is 0.0358. The van der Waals surface area contributed by atoms with Crippen LogP contribution in [0.15, 0.2) is 47.5 Å². The Morgan fingerprint density at radius 3 is 2.85 bits per heavy atom. The molecule has 1 aromatic carbocycles. The van der Waals surface area contributed by atoms with Crippen molar-refractivity contribution in [2.75, 3.05) is 5.32 Å². The van der Waals surface area contributed by atoms with E-state index in [1.807, 2.05) is 29.6 Å². The van der Waals surface area contributed by atoms with Gasteiger partial charge in [-0.25, -0.2) is 4.98 Å². The first-order valence-electron chi connectivity index (χ1n) is 7.40. The number of aromatic nitrogens is 1. The van der Waals surface area contributed by atoms with Crippen LogP contribution in [0, 0.1) is 11.3 Å². The van der Waals surface area contributed by atoms with Crippen LogP contribution >= 0.6 is 45.9 Å². The maximum absolute atomic E-state index is 12.3. The fraction of sp³-hybridized carbons (Fsp3) is 0.0556. The molecule has 3 rings (SSSR count). The molecule has 0 spiro atoms. The standard InChI is InChI=1S/C18H11Cl2N3OS2/c19-15-4-3-11(7-16(15)20)6-14-10-22-18(26-14)23-17(24)12(9-21)8-13-2-1-5-25-13/h1-5,7-8,10H,6H2,(H,22,23,24). The number of rotatable bonds is 5. The Kier molecular flexibility index (Phi) is 6.07. The highest BCUT2D eigenvalue weighted by Crippen LogP contribution is 2.26. The van der Waals surface area contributed by atoms with Crippen molar-refractivity contribution in [1.29, 1.82) is 5.26 Å². The molecule has 4 nitrogen and oxygen atoms in total. The van der Waals surface area contributed by atoms with E-state index in [0.29, 0.717) is 21.6 Å². The molecule has 1 amide bonds. The first-order valence-corrected chi connectivity index (χ1v) is 9.85. The third kappa shape index (κ3) is 4.71. The monoisotopic (exact) mass is 419 g/mol. The Morgan fingerprint density at radius 1 is 1.31 bits per heavy atom. The Hall–Kier alpha value is -2.17. The number of thiophene rings is 1. The van der Waals surface area contributed by atoms with Gasteiger partial charge in [0, 0.05) is 22.4 Å². The Balaban J connectivity index is 1.68. The van der Waals surface area contributed by atoms with E-state index >= 15 is 0 Å². The van der Waals surface area contributed by atoms with E-state index in [4.69, 9.17) is 23.2 Å². The maximum Gasteiger partial charge on any atom is 0.268 e. The van der Waals surface area contributed by atoms with Crippen LogP contribution in [0.1, 0.15) is 15.3 Å². The van der Waals surface area contributed by atoms with Crippen molar-refractivity contribution in [3.8, 4) is 6.07 Å². The summed E-state index contributed by atoms with van der Waals surface area (Å²) >= 11 is 14.8. The topological polar surface area (TPSA) is 65.8 Å². The summed E-state index contributed by atoms with van der Waals surface area (Å²) in [5.74, 6) is -0.476. The van der Waals surface area contributed by atoms with E-state index in [1.54, 1.807) is 24.4 Å². The lowest BCUT2D eigenvalue weighted by molar-refractivity contribution is -0.112. The molecule has 0 saturated carbocycles. The highest BCUT2D eigenvalue weighted by molar-refractivity contribution is 7.15. The summed E-state index contributed by atoms with van der Waals surface area (Å²) in [4.78, 5) is 18.3. The van der Waals surface area contributed by atoms with Crippen molar-refractivity contribution < 1.29 is 4.79 Å². The average molecular weight is 420 g/mol. The normalized spacial score (nSPS) is 11.2. The quantitative estimate of drug-likeness (QED) is 0.429. The number of thiazole rings is 1. The first kappa shape index (κ1) is 18.6. The summed E-state index contributed by atoms with van der Waals surface area (Å²) in [7, 11) is 0. The second-order valence-corrected chi connectivity index (χ2v) is 8.11. The number of anilines is 1. The molecule has 0 radical (unpaired) electrons. The smallest absolute Gasteiger partial charge is 0.268 e. The summed E-state index contributed by atoms with van der Waals surface area (Å²) < 4.78 is 0. The van der Waals surface area contributed by atoms with Crippen LogP contribution in [0.2, 0.25) is 10.0 Å². The molecule has 0 aliphatic heterocycles. The molecule has 130 valence electrons. The molecule has 0 bridgehead atoms. The summed E-state index contributed by atoms with van der Waals surface area (Å²) in [5, 5.41) is 15.2. The van der Waals surface area contributed by atoms with Gasteiger partial charge in [-0.2, -0.15) is 5.26 Å². The van der Waals surface area contributed by atoms with Crippen LogP contribution in [-0.4, -0.2) is 10.9 Å². The zero-order valence-corrected chi connectivity index (χ0v) is 16.3. The zero-order chi connectivity index (χ0) is 18.5. The number of halogens is 2. The summed E-state index contributed by atoms with van der Waals surface area (Å²) in [6.45, 7) is 0. The molecular weight excluding hydrogens is 409 g/mol. The summed E-state index contributed by atoms with van der Waals surface area (Å²) in [6.07, 6.45) is 3.88. The predicted molar refractivity (Wildman–Crippen MR) is 108 cm³/mol. The largest absolute Gasteiger partial charge is 0.297 e. The van der Waals surface area contributed by atoms with Crippen LogP contribution in [0.25, 0.3) is 6.08 Å². The van der Waals surface area contributed by atoms with Gasteiger partial charge in [0.15, 0.2) is 5.13 Å². The molecule has 0 unspecified atom stereocenters. The van der Waals surface area contributed by atoms with Crippen molar-refractivity contribution in [3.05, 3.63) is 72.8 Å². The van der Waals surface area contributed by atoms with Crippen molar-refractivity contribution in [2.24, 2.45) is 0 Å². The molecule has 0 fully saturated rings. The molecular formula is C18H11Cl2N3OS2. The average Bonchev–Trinajstić information content (AvgIpc) is 3.28. The minimum Gasteiger partial charge on any atom is -0.297 e. The fourth-order valence-corrected chi connectivity index (χ4v) is 3.95. The first-order chi connectivity index (χ1) is 12.5. The Bertz CT molecular complexity index is 1000. The summed E-state index contributed by atoms with van der Waals surface area (Å²) in [6, 6.07) is 11.1. The molecule has 2 heterocycles. The van der Waals surface area contributed by atoms with Crippen molar-refractivity contribution in [2.45, 2.75) is 6.42 Å². The van der Waals surface area contributed by atoms with Crippen molar-refractivity contribution >= 4 is 63.0 Å². The Morgan fingerprint density at radius 2 is 2.15 bits per heavy atom. The number of carbonyl (C=O) groups excluding carboxylic acids is 1.